The van der Waals surface area contributed by atoms with Crippen LogP contribution in [0.2, 0.25) is 0 Å². The van der Waals surface area contributed by atoms with Crippen molar-refractivity contribution in [2.75, 3.05) is 26.8 Å². The smallest absolute Gasteiger partial charge is 0.273 e. The van der Waals surface area contributed by atoms with Crippen molar-refractivity contribution in [3.8, 4) is 0 Å². The highest BCUT2D eigenvalue weighted by Gasteiger charge is 2.42. The van der Waals surface area contributed by atoms with Gasteiger partial charge in [-0.25, -0.2) is 4.98 Å². The standard InChI is InChI=1S/C13H19N3O3S/c1-19-6-4-13(12(14)18)3-2-5-16(8-13)11(17)10-7-20-9-15-10/h7,9H,2-6,8H2,1H3,(H2,14,18). The van der Waals surface area contributed by atoms with Gasteiger partial charge in [0.15, 0.2) is 0 Å². The molecule has 1 saturated heterocycles. The monoisotopic (exact) mass is 297 g/mol. The summed E-state index contributed by atoms with van der Waals surface area (Å²) in [6, 6.07) is 0. The fourth-order valence-electron chi connectivity index (χ4n) is 2.61. The van der Waals surface area contributed by atoms with Gasteiger partial charge in [0.1, 0.15) is 5.69 Å². The Hall–Kier alpha value is -1.47. The summed E-state index contributed by atoms with van der Waals surface area (Å²) in [5, 5.41) is 1.72. The summed E-state index contributed by atoms with van der Waals surface area (Å²) in [4.78, 5) is 29.9. The van der Waals surface area contributed by atoms with Crippen LogP contribution in [0.4, 0.5) is 0 Å². The first-order chi connectivity index (χ1) is 9.59. The molecule has 0 bridgehead atoms. The first-order valence-corrected chi connectivity index (χ1v) is 7.50. The third-order valence-electron chi connectivity index (χ3n) is 3.82. The summed E-state index contributed by atoms with van der Waals surface area (Å²) < 4.78 is 5.07. The number of hydrogen-bond donors (Lipinski definition) is 1. The minimum Gasteiger partial charge on any atom is -0.385 e. The van der Waals surface area contributed by atoms with Crippen molar-refractivity contribution >= 4 is 23.2 Å². The van der Waals surface area contributed by atoms with Crippen molar-refractivity contribution in [2.24, 2.45) is 11.1 Å². The van der Waals surface area contributed by atoms with Gasteiger partial charge in [-0.05, 0) is 19.3 Å². The minimum absolute atomic E-state index is 0.131. The maximum Gasteiger partial charge on any atom is 0.273 e. The number of carbonyl (C=O) groups is 2. The normalized spacial score (nSPS) is 22.8. The van der Waals surface area contributed by atoms with E-state index < -0.39 is 5.41 Å². The van der Waals surface area contributed by atoms with Crippen LogP contribution < -0.4 is 5.73 Å². The Morgan fingerprint density at radius 2 is 2.40 bits per heavy atom. The van der Waals surface area contributed by atoms with E-state index in [0.717, 1.165) is 6.42 Å². The quantitative estimate of drug-likeness (QED) is 0.874. The van der Waals surface area contributed by atoms with Gasteiger partial charge in [-0.1, -0.05) is 0 Å². The Morgan fingerprint density at radius 1 is 1.60 bits per heavy atom. The van der Waals surface area contributed by atoms with E-state index in [-0.39, 0.29) is 11.8 Å². The zero-order valence-corrected chi connectivity index (χ0v) is 12.3. The highest BCUT2D eigenvalue weighted by molar-refractivity contribution is 7.07. The lowest BCUT2D eigenvalue weighted by atomic mass is 9.76. The molecule has 0 aromatic carbocycles. The molecule has 20 heavy (non-hydrogen) atoms. The molecule has 1 aromatic rings. The minimum atomic E-state index is -0.681. The third kappa shape index (κ3) is 2.99. The van der Waals surface area contributed by atoms with Crippen LogP contribution in [-0.4, -0.2) is 48.5 Å². The maximum absolute atomic E-state index is 12.3. The summed E-state index contributed by atoms with van der Waals surface area (Å²) in [5.74, 6) is -0.487. The summed E-state index contributed by atoms with van der Waals surface area (Å²) in [6.45, 7) is 1.45. The predicted octanol–water partition coefficient (Wildman–Crippen LogP) is 0.887. The number of likely N-dealkylation sites (tertiary alicyclic amines) is 1. The van der Waals surface area contributed by atoms with E-state index in [4.69, 9.17) is 10.5 Å². The number of aromatic nitrogens is 1. The molecule has 110 valence electrons. The lowest BCUT2D eigenvalue weighted by Gasteiger charge is -2.40. The van der Waals surface area contributed by atoms with E-state index in [1.807, 2.05) is 0 Å². The van der Waals surface area contributed by atoms with E-state index >= 15 is 0 Å². The second kappa shape index (κ2) is 6.32. The summed E-state index contributed by atoms with van der Waals surface area (Å²) in [7, 11) is 1.59. The SMILES string of the molecule is COCCC1(C(N)=O)CCCN(C(=O)c2cscn2)C1. The van der Waals surface area contributed by atoms with Crippen LogP contribution in [0, 0.1) is 5.41 Å². The average Bonchev–Trinajstić information content (AvgIpc) is 2.98. The number of primary amides is 1. The molecule has 1 unspecified atom stereocenters. The zero-order chi connectivity index (χ0) is 14.6. The number of hydrogen-bond acceptors (Lipinski definition) is 5. The van der Waals surface area contributed by atoms with Crippen LogP contribution in [0.15, 0.2) is 10.9 Å². The number of rotatable bonds is 5. The molecule has 1 aliphatic rings. The fourth-order valence-corrected chi connectivity index (χ4v) is 3.14. The van der Waals surface area contributed by atoms with Crippen LogP contribution in [0.1, 0.15) is 29.8 Å². The van der Waals surface area contributed by atoms with E-state index in [1.54, 1.807) is 22.9 Å². The Morgan fingerprint density at radius 3 is 3.00 bits per heavy atom. The molecule has 2 amide bonds. The molecule has 2 heterocycles. The molecule has 0 spiro atoms. The second-order valence-corrected chi connectivity index (χ2v) is 5.81. The summed E-state index contributed by atoms with van der Waals surface area (Å²) in [6.07, 6.45) is 2.01. The molecule has 2 N–H and O–H groups in total. The van der Waals surface area contributed by atoms with Crippen LogP contribution in [0.3, 0.4) is 0 Å². The Kier molecular flexibility index (Phi) is 4.72. The number of amides is 2. The predicted molar refractivity (Wildman–Crippen MR) is 75.4 cm³/mol. The number of nitrogens with two attached hydrogens (primary N) is 1. The van der Waals surface area contributed by atoms with Crippen molar-refractivity contribution < 1.29 is 14.3 Å². The van der Waals surface area contributed by atoms with Crippen molar-refractivity contribution in [3.05, 3.63) is 16.6 Å². The van der Waals surface area contributed by atoms with Gasteiger partial charge in [0, 0.05) is 32.2 Å². The highest BCUT2D eigenvalue weighted by atomic mass is 32.1. The molecule has 1 aliphatic heterocycles. The van der Waals surface area contributed by atoms with Crippen molar-refractivity contribution in [1.29, 1.82) is 0 Å². The Bertz CT molecular complexity index is 477. The maximum atomic E-state index is 12.3. The van der Waals surface area contributed by atoms with E-state index in [1.165, 1.54) is 11.3 Å². The largest absolute Gasteiger partial charge is 0.385 e. The molecule has 6 nitrogen and oxygen atoms in total. The van der Waals surface area contributed by atoms with Crippen molar-refractivity contribution in [3.63, 3.8) is 0 Å². The van der Waals surface area contributed by atoms with Gasteiger partial charge in [-0.2, -0.15) is 0 Å². The average molecular weight is 297 g/mol. The van der Waals surface area contributed by atoms with Crippen molar-refractivity contribution in [2.45, 2.75) is 19.3 Å². The van der Waals surface area contributed by atoms with Gasteiger partial charge in [0.25, 0.3) is 5.91 Å². The number of thiazole rings is 1. The first kappa shape index (κ1) is 14.9. The van der Waals surface area contributed by atoms with E-state index in [9.17, 15) is 9.59 Å². The zero-order valence-electron chi connectivity index (χ0n) is 11.5. The van der Waals surface area contributed by atoms with E-state index in [2.05, 4.69) is 4.98 Å². The van der Waals surface area contributed by atoms with Crippen LogP contribution in [0.25, 0.3) is 0 Å². The Balaban J connectivity index is 2.13. The molecule has 1 atom stereocenters. The fraction of sp³-hybridized carbons (Fsp3) is 0.615. The number of ether oxygens (including phenoxy) is 1. The number of methoxy groups -OCH3 is 1. The van der Waals surface area contributed by atoms with Gasteiger partial charge >= 0.3 is 0 Å². The lowest BCUT2D eigenvalue weighted by molar-refractivity contribution is -0.131. The molecule has 0 aliphatic carbocycles. The van der Waals surface area contributed by atoms with Gasteiger partial charge < -0.3 is 15.4 Å². The number of piperidine rings is 1. The third-order valence-corrected chi connectivity index (χ3v) is 4.41. The molecule has 2 rings (SSSR count). The topological polar surface area (TPSA) is 85.5 Å². The van der Waals surface area contributed by atoms with Crippen molar-refractivity contribution in [1.82, 2.24) is 9.88 Å². The van der Waals surface area contributed by atoms with Crippen LogP contribution >= 0.6 is 11.3 Å². The molecule has 7 heteroatoms. The summed E-state index contributed by atoms with van der Waals surface area (Å²) >= 11 is 1.38. The lowest BCUT2D eigenvalue weighted by Crippen LogP contribution is -2.52. The van der Waals surface area contributed by atoms with E-state index in [0.29, 0.717) is 38.2 Å². The first-order valence-electron chi connectivity index (χ1n) is 6.55. The van der Waals surface area contributed by atoms with Crippen LogP contribution in [0.5, 0.6) is 0 Å². The molecule has 1 aromatic heterocycles. The molecule has 0 radical (unpaired) electrons. The van der Waals surface area contributed by atoms with Gasteiger partial charge in [0.2, 0.25) is 5.91 Å². The number of nitrogens with zero attached hydrogens (tertiary/aromatic N) is 2. The highest BCUT2D eigenvalue weighted by Crippen LogP contribution is 2.34. The Labute approximate surface area is 121 Å². The van der Waals surface area contributed by atoms with Gasteiger partial charge in [-0.3, -0.25) is 9.59 Å². The van der Waals surface area contributed by atoms with Gasteiger partial charge in [-0.15, -0.1) is 11.3 Å². The van der Waals surface area contributed by atoms with Crippen LogP contribution in [-0.2, 0) is 9.53 Å². The number of carbonyl (C=O) groups excluding carboxylic acids is 2. The van der Waals surface area contributed by atoms with Gasteiger partial charge in [0.05, 0.1) is 10.9 Å². The molecular weight excluding hydrogens is 278 g/mol. The molecular formula is C13H19N3O3S. The second-order valence-electron chi connectivity index (χ2n) is 5.09. The molecule has 1 fully saturated rings. The summed E-state index contributed by atoms with van der Waals surface area (Å²) in [5.41, 5.74) is 6.96. The molecule has 0 saturated carbocycles.